The third-order valence-electron chi connectivity index (χ3n) is 1.56. The summed E-state index contributed by atoms with van der Waals surface area (Å²) in [6.07, 6.45) is 2.03. The van der Waals surface area contributed by atoms with Crippen LogP contribution in [-0.2, 0) is 4.74 Å². The Morgan fingerprint density at radius 3 is 2.75 bits per heavy atom. The van der Waals surface area contributed by atoms with Crippen LogP contribution in [0.2, 0.25) is 0 Å². The van der Waals surface area contributed by atoms with Crippen LogP contribution in [0, 0.1) is 0 Å². The highest BCUT2D eigenvalue weighted by atomic mass is 16.5. The number of hydrazone groups is 1. The second-order valence-electron chi connectivity index (χ2n) is 2.66. The summed E-state index contributed by atoms with van der Waals surface area (Å²) in [5.41, 5.74) is 4.15. The Bertz CT molecular complexity index is 124. The first-order valence-corrected chi connectivity index (χ1v) is 4.65. The van der Waals surface area contributed by atoms with E-state index in [1.165, 1.54) is 0 Å². The Kier molecular flexibility index (Phi) is 8.12. The number of hydrogen-bond acceptors (Lipinski definition) is 3. The van der Waals surface area contributed by atoms with Crippen molar-refractivity contribution in [2.45, 2.75) is 33.6 Å². The normalized spacial score (nSPS) is 11.8. The first-order chi connectivity index (χ1) is 5.81. The number of ether oxygens (including phenoxy) is 1. The van der Waals surface area contributed by atoms with E-state index in [1.54, 1.807) is 0 Å². The number of hydrogen-bond donors (Lipinski definition) is 1. The van der Waals surface area contributed by atoms with Crippen LogP contribution < -0.4 is 5.43 Å². The van der Waals surface area contributed by atoms with Gasteiger partial charge in [-0.15, -0.1) is 0 Å². The number of nitrogens with zero attached hydrogens (tertiary/aromatic N) is 1. The summed E-state index contributed by atoms with van der Waals surface area (Å²) in [5.74, 6) is 0. The molecule has 0 saturated heterocycles. The topological polar surface area (TPSA) is 33.6 Å². The Labute approximate surface area is 75.2 Å². The molecule has 0 unspecified atom stereocenters. The molecule has 0 aromatic rings. The zero-order valence-electron chi connectivity index (χ0n) is 8.39. The smallest absolute Gasteiger partial charge is 0.0483 e. The third kappa shape index (κ3) is 7.54. The van der Waals surface area contributed by atoms with Gasteiger partial charge in [0.05, 0.1) is 0 Å². The van der Waals surface area contributed by atoms with E-state index >= 15 is 0 Å². The average Bonchev–Trinajstić information content (AvgIpc) is 2.10. The van der Waals surface area contributed by atoms with Gasteiger partial charge in [-0.05, 0) is 26.7 Å². The van der Waals surface area contributed by atoms with Crippen molar-refractivity contribution in [1.29, 1.82) is 0 Å². The highest BCUT2D eigenvalue weighted by molar-refractivity contribution is 5.81. The molecule has 72 valence electrons. The molecule has 12 heavy (non-hydrogen) atoms. The standard InChI is InChI=1S/C9H20N2O/c1-4-9(3)11-10-7-6-8-12-5-2/h10H,4-8H2,1-3H3/b11-9-. The van der Waals surface area contributed by atoms with E-state index < -0.39 is 0 Å². The van der Waals surface area contributed by atoms with Gasteiger partial charge in [0.25, 0.3) is 0 Å². The quantitative estimate of drug-likeness (QED) is 0.361. The van der Waals surface area contributed by atoms with Crippen LogP contribution in [0.4, 0.5) is 0 Å². The second-order valence-corrected chi connectivity index (χ2v) is 2.66. The van der Waals surface area contributed by atoms with Gasteiger partial charge in [-0.3, -0.25) is 0 Å². The van der Waals surface area contributed by atoms with Crippen molar-refractivity contribution in [3.05, 3.63) is 0 Å². The predicted molar refractivity (Wildman–Crippen MR) is 52.5 cm³/mol. The molecule has 1 N–H and O–H groups in total. The zero-order valence-corrected chi connectivity index (χ0v) is 8.39. The van der Waals surface area contributed by atoms with Crippen LogP contribution in [0.15, 0.2) is 5.10 Å². The highest BCUT2D eigenvalue weighted by Crippen LogP contribution is 1.83. The van der Waals surface area contributed by atoms with Crippen molar-refractivity contribution in [1.82, 2.24) is 5.43 Å². The van der Waals surface area contributed by atoms with E-state index in [9.17, 15) is 0 Å². The van der Waals surface area contributed by atoms with Crippen LogP contribution in [0.25, 0.3) is 0 Å². The van der Waals surface area contributed by atoms with Crippen LogP contribution >= 0.6 is 0 Å². The Morgan fingerprint density at radius 1 is 1.42 bits per heavy atom. The maximum Gasteiger partial charge on any atom is 0.0483 e. The molecule has 0 fully saturated rings. The molecule has 0 spiro atoms. The van der Waals surface area contributed by atoms with Gasteiger partial charge in [-0.2, -0.15) is 5.10 Å². The van der Waals surface area contributed by atoms with Crippen molar-refractivity contribution >= 4 is 5.71 Å². The van der Waals surface area contributed by atoms with E-state index in [1.807, 2.05) is 13.8 Å². The lowest BCUT2D eigenvalue weighted by molar-refractivity contribution is 0.145. The van der Waals surface area contributed by atoms with Crippen molar-refractivity contribution in [2.75, 3.05) is 19.8 Å². The molecule has 0 aliphatic carbocycles. The fourth-order valence-electron chi connectivity index (χ4n) is 0.668. The zero-order chi connectivity index (χ0) is 9.23. The Hall–Kier alpha value is -0.570. The maximum absolute atomic E-state index is 5.18. The molecule has 0 amide bonds. The van der Waals surface area contributed by atoms with Crippen molar-refractivity contribution in [3.8, 4) is 0 Å². The van der Waals surface area contributed by atoms with Crippen molar-refractivity contribution in [2.24, 2.45) is 5.10 Å². The SMILES string of the molecule is CCOCCCN/N=C(/C)CC. The largest absolute Gasteiger partial charge is 0.382 e. The lowest BCUT2D eigenvalue weighted by Gasteiger charge is -2.01. The summed E-state index contributed by atoms with van der Waals surface area (Å²) < 4.78 is 5.18. The molecular formula is C9H20N2O. The van der Waals surface area contributed by atoms with Gasteiger partial charge in [0.1, 0.15) is 0 Å². The molecule has 3 nitrogen and oxygen atoms in total. The molecule has 3 heteroatoms. The van der Waals surface area contributed by atoms with Gasteiger partial charge < -0.3 is 10.2 Å². The minimum Gasteiger partial charge on any atom is -0.382 e. The lowest BCUT2D eigenvalue weighted by Crippen LogP contribution is -2.12. The molecule has 0 heterocycles. The fourth-order valence-corrected chi connectivity index (χ4v) is 0.668. The van der Waals surface area contributed by atoms with E-state index in [4.69, 9.17) is 4.74 Å². The van der Waals surface area contributed by atoms with E-state index in [0.717, 1.165) is 38.3 Å². The van der Waals surface area contributed by atoms with E-state index in [-0.39, 0.29) is 0 Å². The van der Waals surface area contributed by atoms with Gasteiger partial charge in [0.2, 0.25) is 0 Å². The summed E-state index contributed by atoms with van der Waals surface area (Å²) >= 11 is 0. The van der Waals surface area contributed by atoms with E-state index in [0.29, 0.717) is 0 Å². The molecule has 0 bridgehead atoms. The van der Waals surface area contributed by atoms with Gasteiger partial charge in [-0.1, -0.05) is 6.92 Å². The lowest BCUT2D eigenvalue weighted by atomic mass is 10.3. The van der Waals surface area contributed by atoms with Crippen molar-refractivity contribution in [3.63, 3.8) is 0 Å². The summed E-state index contributed by atoms with van der Waals surface area (Å²) in [6.45, 7) is 8.65. The van der Waals surface area contributed by atoms with Gasteiger partial charge in [0.15, 0.2) is 0 Å². The minimum atomic E-state index is 0.803. The molecule has 0 aromatic heterocycles. The molecule has 0 radical (unpaired) electrons. The van der Waals surface area contributed by atoms with Gasteiger partial charge in [-0.25, -0.2) is 0 Å². The summed E-state index contributed by atoms with van der Waals surface area (Å²) in [6, 6.07) is 0. The van der Waals surface area contributed by atoms with Gasteiger partial charge >= 0.3 is 0 Å². The Balaban J connectivity index is 3.10. The molecule has 0 aliphatic rings. The Morgan fingerprint density at radius 2 is 2.17 bits per heavy atom. The summed E-state index contributed by atoms with van der Waals surface area (Å²) in [7, 11) is 0. The molecule has 0 atom stereocenters. The van der Waals surface area contributed by atoms with Crippen LogP contribution in [0.3, 0.4) is 0 Å². The third-order valence-corrected chi connectivity index (χ3v) is 1.56. The van der Waals surface area contributed by atoms with Crippen LogP contribution in [0.5, 0.6) is 0 Å². The van der Waals surface area contributed by atoms with Crippen LogP contribution in [0.1, 0.15) is 33.6 Å². The molecule has 0 saturated carbocycles. The molecular weight excluding hydrogens is 152 g/mol. The molecule has 0 rings (SSSR count). The fraction of sp³-hybridized carbons (Fsp3) is 0.889. The predicted octanol–water partition coefficient (Wildman–Crippen LogP) is 1.79. The summed E-state index contributed by atoms with van der Waals surface area (Å²) in [5, 5.41) is 4.15. The minimum absolute atomic E-state index is 0.803. The first kappa shape index (κ1) is 11.4. The van der Waals surface area contributed by atoms with E-state index in [2.05, 4.69) is 17.5 Å². The summed E-state index contributed by atoms with van der Waals surface area (Å²) in [4.78, 5) is 0. The first-order valence-electron chi connectivity index (χ1n) is 4.65. The van der Waals surface area contributed by atoms with Crippen LogP contribution in [-0.4, -0.2) is 25.5 Å². The highest BCUT2D eigenvalue weighted by Gasteiger charge is 1.86. The monoisotopic (exact) mass is 172 g/mol. The molecule has 0 aromatic carbocycles. The number of nitrogens with one attached hydrogen (secondary N) is 1. The number of rotatable bonds is 7. The van der Waals surface area contributed by atoms with Gasteiger partial charge in [0, 0.05) is 25.5 Å². The van der Waals surface area contributed by atoms with Crippen molar-refractivity contribution < 1.29 is 4.74 Å². The molecule has 0 aliphatic heterocycles. The maximum atomic E-state index is 5.18. The second kappa shape index (κ2) is 8.53. The average molecular weight is 172 g/mol.